The van der Waals surface area contributed by atoms with E-state index in [1.165, 1.54) is 16.7 Å². The third-order valence-electron chi connectivity index (χ3n) is 3.47. The molecule has 0 fully saturated rings. The second-order valence-electron chi connectivity index (χ2n) is 5.07. The van der Waals surface area contributed by atoms with Gasteiger partial charge in [0.05, 0.1) is 6.20 Å². The summed E-state index contributed by atoms with van der Waals surface area (Å²) in [5.41, 5.74) is 2.63. The fourth-order valence-corrected chi connectivity index (χ4v) is 2.10. The maximum Gasteiger partial charge on any atom is 0.354 e. The van der Waals surface area contributed by atoms with Gasteiger partial charge < -0.3 is 5.11 Å². The highest BCUT2D eigenvalue weighted by molar-refractivity contribution is 5.86. The van der Waals surface area contributed by atoms with Gasteiger partial charge in [-0.15, -0.1) is 0 Å². The van der Waals surface area contributed by atoms with E-state index in [9.17, 15) is 9.18 Å². The van der Waals surface area contributed by atoms with E-state index in [-0.39, 0.29) is 11.4 Å². The van der Waals surface area contributed by atoms with E-state index in [2.05, 4.69) is 21.8 Å². The topological polar surface area (TPSA) is 67.5 Å². The van der Waals surface area contributed by atoms with Crippen LogP contribution in [0, 0.1) is 31.5 Å². The minimum atomic E-state index is -1.08. The predicted octanol–water partition coefficient (Wildman–Crippen LogP) is 2.58. The third-order valence-corrected chi connectivity index (χ3v) is 3.47. The lowest BCUT2D eigenvalue weighted by molar-refractivity contribution is 0.0689. The summed E-state index contributed by atoms with van der Waals surface area (Å²) in [4.78, 5) is 19.2. The van der Waals surface area contributed by atoms with E-state index in [0.717, 1.165) is 5.56 Å². The molecule has 0 saturated carbocycles. The average Bonchev–Trinajstić information content (AvgIpc) is 2.93. The molecule has 114 valence electrons. The summed E-state index contributed by atoms with van der Waals surface area (Å²) in [6.45, 7) is 3.57. The van der Waals surface area contributed by atoms with E-state index < -0.39 is 11.8 Å². The van der Waals surface area contributed by atoms with Crippen molar-refractivity contribution in [3.63, 3.8) is 0 Å². The Labute approximate surface area is 131 Å². The number of aryl methyl sites for hydroxylation is 2. The molecule has 3 aromatic heterocycles. The van der Waals surface area contributed by atoms with Crippen molar-refractivity contribution in [2.45, 2.75) is 13.8 Å². The number of pyridine rings is 2. The summed E-state index contributed by atoms with van der Waals surface area (Å²) >= 11 is 0. The highest BCUT2D eigenvalue weighted by Gasteiger charge is 2.10. The molecule has 0 unspecified atom stereocenters. The van der Waals surface area contributed by atoms with Gasteiger partial charge in [0.25, 0.3) is 0 Å². The van der Waals surface area contributed by atoms with Gasteiger partial charge in [0, 0.05) is 17.5 Å². The number of imidazole rings is 1. The van der Waals surface area contributed by atoms with Crippen LogP contribution in [0.15, 0.2) is 30.6 Å². The van der Waals surface area contributed by atoms with E-state index >= 15 is 0 Å². The van der Waals surface area contributed by atoms with Gasteiger partial charge in [0.15, 0.2) is 11.5 Å². The molecule has 0 aliphatic carbocycles. The molecule has 3 aromatic rings. The smallest absolute Gasteiger partial charge is 0.354 e. The molecule has 23 heavy (non-hydrogen) atoms. The van der Waals surface area contributed by atoms with Crippen LogP contribution in [-0.2, 0) is 0 Å². The van der Waals surface area contributed by atoms with Crippen LogP contribution >= 0.6 is 0 Å². The molecule has 3 rings (SSSR count). The van der Waals surface area contributed by atoms with Gasteiger partial charge in [-0.05, 0) is 43.5 Å². The van der Waals surface area contributed by atoms with Crippen molar-refractivity contribution < 1.29 is 14.3 Å². The van der Waals surface area contributed by atoms with E-state index in [1.807, 2.05) is 0 Å². The number of carbonyl (C=O) groups is 1. The molecule has 1 N–H and O–H groups in total. The summed E-state index contributed by atoms with van der Waals surface area (Å²) in [7, 11) is 0. The maximum absolute atomic E-state index is 13.8. The van der Waals surface area contributed by atoms with Gasteiger partial charge in [-0.1, -0.05) is 5.92 Å². The lowest BCUT2D eigenvalue weighted by Gasteiger charge is -2.01. The van der Waals surface area contributed by atoms with Gasteiger partial charge in [-0.2, -0.15) is 0 Å². The second kappa shape index (κ2) is 5.54. The molecular weight excluding hydrogens is 297 g/mol. The first-order valence-electron chi connectivity index (χ1n) is 6.82. The van der Waals surface area contributed by atoms with Crippen LogP contribution in [0.5, 0.6) is 0 Å². The maximum atomic E-state index is 13.8. The first kappa shape index (κ1) is 14.7. The number of fused-ring (bicyclic) bond motifs is 1. The molecule has 0 radical (unpaired) electrons. The molecular formula is C17H12FN3O2. The summed E-state index contributed by atoms with van der Waals surface area (Å²) in [6.07, 6.45) is 2.83. The monoisotopic (exact) mass is 309 g/mol. The van der Waals surface area contributed by atoms with Crippen molar-refractivity contribution in [3.8, 4) is 11.8 Å². The van der Waals surface area contributed by atoms with Crippen LogP contribution in [0.25, 0.3) is 5.65 Å². The van der Waals surface area contributed by atoms with Crippen molar-refractivity contribution in [2.75, 3.05) is 0 Å². The molecule has 0 spiro atoms. The fraction of sp³-hybridized carbons (Fsp3) is 0.118. The lowest BCUT2D eigenvalue weighted by atomic mass is 10.2. The van der Waals surface area contributed by atoms with Gasteiger partial charge in [-0.25, -0.2) is 19.2 Å². The van der Waals surface area contributed by atoms with Crippen LogP contribution in [0.1, 0.15) is 33.0 Å². The highest BCUT2D eigenvalue weighted by atomic mass is 19.1. The molecule has 0 amide bonds. The zero-order valence-corrected chi connectivity index (χ0v) is 12.5. The normalized spacial score (nSPS) is 10.4. The number of carboxylic acids is 1. The number of rotatable bonds is 1. The van der Waals surface area contributed by atoms with Crippen LogP contribution < -0.4 is 0 Å². The molecule has 6 heteroatoms. The Morgan fingerprint density at radius 3 is 2.83 bits per heavy atom. The summed E-state index contributed by atoms with van der Waals surface area (Å²) in [5, 5.41) is 9.11. The number of nitrogens with zero attached hydrogens (tertiary/aromatic N) is 3. The largest absolute Gasteiger partial charge is 0.477 e. The quantitative estimate of drug-likeness (QED) is 0.702. The minimum Gasteiger partial charge on any atom is -0.477 e. The number of aromatic carboxylic acids is 1. The summed E-state index contributed by atoms with van der Waals surface area (Å²) in [5.74, 6) is 3.93. The van der Waals surface area contributed by atoms with E-state index in [4.69, 9.17) is 5.11 Å². The van der Waals surface area contributed by atoms with Crippen molar-refractivity contribution in [3.05, 3.63) is 64.6 Å². The Kier molecular flexibility index (Phi) is 3.54. The van der Waals surface area contributed by atoms with Crippen LogP contribution in [-0.4, -0.2) is 25.4 Å². The molecule has 3 heterocycles. The molecule has 0 aromatic carbocycles. The number of carboxylic acid groups (broad SMARTS) is 1. The molecule has 0 aliphatic rings. The van der Waals surface area contributed by atoms with Crippen molar-refractivity contribution >= 4 is 11.6 Å². The predicted molar refractivity (Wildman–Crippen MR) is 81.8 cm³/mol. The Morgan fingerprint density at radius 1 is 1.30 bits per heavy atom. The van der Waals surface area contributed by atoms with Gasteiger partial charge >= 0.3 is 5.97 Å². The number of aromatic nitrogens is 3. The first-order valence-corrected chi connectivity index (χ1v) is 6.82. The number of hydrogen-bond donors (Lipinski definition) is 1. The van der Waals surface area contributed by atoms with Gasteiger partial charge in [0.1, 0.15) is 11.3 Å². The number of halogens is 1. The Bertz CT molecular complexity index is 996. The summed E-state index contributed by atoms with van der Waals surface area (Å²) in [6, 6.07) is 4.74. The molecule has 5 nitrogen and oxygen atoms in total. The van der Waals surface area contributed by atoms with Gasteiger partial charge in [-0.3, -0.25) is 4.40 Å². The standard InChI is InChI=1S/C17H12FN3O2/c1-10-7-13(18)14(20-11(10)2)5-3-12-4-6-16-19-8-15(17(22)23)21(16)9-12/h4,6-9H,1-2H3,(H,22,23). The van der Waals surface area contributed by atoms with Crippen LogP contribution in [0.3, 0.4) is 0 Å². The van der Waals surface area contributed by atoms with Gasteiger partial charge in [0.2, 0.25) is 0 Å². The Balaban J connectivity index is 2.04. The highest BCUT2D eigenvalue weighted by Crippen LogP contribution is 2.11. The second-order valence-corrected chi connectivity index (χ2v) is 5.07. The van der Waals surface area contributed by atoms with E-state index in [0.29, 0.717) is 16.9 Å². The molecule has 0 aliphatic heterocycles. The van der Waals surface area contributed by atoms with E-state index in [1.54, 1.807) is 32.2 Å². The SMILES string of the molecule is Cc1cc(F)c(C#Cc2ccc3ncc(C(=O)O)n3c2)nc1C. The fourth-order valence-electron chi connectivity index (χ4n) is 2.10. The van der Waals surface area contributed by atoms with Crippen molar-refractivity contribution in [1.82, 2.24) is 14.4 Å². The molecule has 0 atom stereocenters. The lowest BCUT2D eigenvalue weighted by Crippen LogP contribution is -2.01. The zero-order chi connectivity index (χ0) is 16.6. The minimum absolute atomic E-state index is 0.0409. The number of hydrogen-bond acceptors (Lipinski definition) is 3. The van der Waals surface area contributed by atoms with Crippen molar-refractivity contribution in [2.24, 2.45) is 0 Å². The average molecular weight is 309 g/mol. The zero-order valence-electron chi connectivity index (χ0n) is 12.5. The third kappa shape index (κ3) is 2.77. The Hall–Kier alpha value is -3.20. The van der Waals surface area contributed by atoms with Crippen LogP contribution in [0.2, 0.25) is 0 Å². The molecule has 0 saturated heterocycles. The summed E-state index contributed by atoms with van der Waals surface area (Å²) < 4.78 is 15.3. The van der Waals surface area contributed by atoms with Crippen LogP contribution in [0.4, 0.5) is 4.39 Å². The van der Waals surface area contributed by atoms with Crippen molar-refractivity contribution in [1.29, 1.82) is 0 Å². The Morgan fingerprint density at radius 2 is 2.09 bits per heavy atom. The molecule has 0 bridgehead atoms. The first-order chi connectivity index (χ1) is 11.0.